The van der Waals surface area contributed by atoms with Crippen molar-refractivity contribution in [2.24, 2.45) is 0 Å². The molecule has 0 bridgehead atoms. The van der Waals surface area contributed by atoms with E-state index in [-0.39, 0.29) is 18.5 Å². The van der Waals surface area contributed by atoms with E-state index >= 15 is 0 Å². The Kier molecular flexibility index (Phi) is 58.0. The first-order valence-electron chi connectivity index (χ1n) is 35.4. The average molecular weight is 1170 g/mol. The molecule has 1 heterocycles. The first-order valence-corrected chi connectivity index (χ1v) is 35.4. The highest BCUT2D eigenvalue weighted by atomic mass is 16.7. The van der Waals surface area contributed by atoms with Gasteiger partial charge in [0.2, 0.25) is 5.91 Å². The van der Waals surface area contributed by atoms with Gasteiger partial charge >= 0.3 is 5.97 Å². The molecule has 0 saturated carbocycles. The third-order valence-electron chi connectivity index (χ3n) is 16.7. The Labute approximate surface area is 510 Å². The van der Waals surface area contributed by atoms with E-state index < -0.39 is 49.5 Å². The zero-order valence-corrected chi connectivity index (χ0v) is 53.9. The number of amides is 1. The number of nitrogens with one attached hydrogen (secondary N) is 1. The summed E-state index contributed by atoms with van der Waals surface area (Å²) in [5.41, 5.74) is 0. The number of esters is 1. The van der Waals surface area contributed by atoms with Crippen molar-refractivity contribution in [3.05, 3.63) is 48.6 Å². The predicted molar refractivity (Wildman–Crippen MR) is 347 cm³/mol. The minimum atomic E-state index is -1.57. The van der Waals surface area contributed by atoms with Crippen LogP contribution in [0.3, 0.4) is 0 Å². The zero-order chi connectivity index (χ0) is 60.2. The molecule has 1 aliphatic heterocycles. The number of allylic oxidation sites excluding steroid dienone is 7. The summed E-state index contributed by atoms with van der Waals surface area (Å²) in [6.45, 7) is 4.31. The fraction of sp³-hybridized carbons (Fsp3) is 0.861. The van der Waals surface area contributed by atoms with Gasteiger partial charge in [0, 0.05) is 12.8 Å². The van der Waals surface area contributed by atoms with E-state index in [0.29, 0.717) is 19.4 Å². The maximum atomic E-state index is 13.0. The summed E-state index contributed by atoms with van der Waals surface area (Å²) in [5, 5.41) is 54.3. The summed E-state index contributed by atoms with van der Waals surface area (Å²) >= 11 is 0. The molecule has 83 heavy (non-hydrogen) atoms. The lowest BCUT2D eigenvalue weighted by Gasteiger charge is -2.40. The van der Waals surface area contributed by atoms with Gasteiger partial charge in [-0.05, 0) is 89.9 Å². The molecule has 7 atom stereocenters. The molecule has 0 aliphatic carbocycles. The van der Waals surface area contributed by atoms with Gasteiger partial charge < -0.3 is 45.1 Å². The van der Waals surface area contributed by atoms with Gasteiger partial charge in [-0.1, -0.05) is 281 Å². The summed E-state index contributed by atoms with van der Waals surface area (Å²) < 4.78 is 16.7. The van der Waals surface area contributed by atoms with Crippen molar-refractivity contribution < 1.29 is 49.3 Å². The Bertz CT molecular complexity index is 1520. The average Bonchev–Trinajstić information content (AvgIpc) is 3.54. The van der Waals surface area contributed by atoms with Gasteiger partial charge in [-0.2, -0.15) is 0 Å². The first-order chi connectivity index (χ1) is 40.7. The van der Waals surface area contributed by atoms with Crippen LogP contribution in [0, 0.1) is 0 Å². The second kappa shape index (κ2) is 61.3. The van der Waals surface area contributed by atoms with Crippen LogP contribution >= 0.6 is 0 Å². The second-order valence-corrected chi connectivity index (χ2v) is 24.6. The van der Waals surface area contributed by atoms with E-state index in [4.69, 9.17) is 14.2 Å². The van der Waals surface area contributed by atoms with Crippen LogP contribution < -0.4 is 5.32 Å². The lowest BCUT2D eigenvalue weighted by Crippen LogP contribution is -2.60. The van der Waals surface area contributed by atoms with Crippen LogP contribution in [0.15, 0.2) is 48.6 Å². The van der Waals surface area contributed by atoms with E-state index in [0.717, 1.165) is 64.2 Å². The smallest absolute Gasteiger partial charge is 0.305 e. The van der Waals surface area contributed by atoms with Crippen LogP contribution in [-0.4, -0.2) is 100 Å². The zero-order valence-electron chi connectivity index (χ0n) is 53.9. The number of aliphatic hydroxyl groups is 5. The van der Waals surface area contributed by atoms with Crippen LogP contribution in [0.2, 0.25) is 0 Å². The maximum Gasteiger partial charge on any atom is 0.305 e. The molecule has 486 valence electrons. The monoisotopic (exact) mass is 1170 g/mol. The highest BCUT2D eigenvalue weighted by Crippen LogP contribution is 2.23. The number of unbranched alkanes of at least 4 members (excludes halogenated alkanes) is 42. The summed E-state index contributed by atoms with van der Waals surface area (Å²) in [5.74, 6) is -0.186. The molecule has 1 saturated heterocycles. The minimum Gasteiger partial charge on any atom is -0.466 e. The largest absolute Gasteiger partial charge is 0.466 e. The Morgan fingerprint density at radius 2 is 0.807 bits per heavy atom. The molecule has 0 radical (unpaired) electrons. The molecule has 6 N–H and O–H groups in total. The lowest BCUT2D eigenvalue weighted by atomic mass is 9.99. The number of carbonyl (C=O) groups is 2. The van der Waals surface area contributed by atoms with Gasteiger partial charge in [-0.15, -0.1) is 0 Å². The summed E-state index contributed by atoms with van der Waals surface area (Å²) in [6, 6.07) is -0.808. The molecule has 1 aliphatic rings. The normalized spacial score (nSPS) is 18.4. The number of rotatable bonds is 62. The third kappa shape index (κ3) is 50.3. The highest BCUT2D eigenvalue weighted by Gasteiger charge is 2.44. The number of carbonyl (C=O) groups excluding carboxylic acids is 2. The summed E-state index contributed by atoms with van der Waals surface area (Å²) in [6.07, 6.45) is 69.7. The maximum absolute atomic E-state index is 13.0. The van der Waals surface area contributed by atoms with Gasteiger partial charge in [0.15, 0.2) is 6.29 Å². The van der Waals surface area contributed by atoms with E-state index in [2.05, 4.69) is 55.6 Å². The Hall–Kier alpha value is -2.38. The summed E-state index contributed by atoms with van der Waals surface area (Å²) in [4.78, 5) is 25.1. The Balaban J connectivity index is 1.91. The molecule has 1 rings (SSSR count). The van der Waals surface area contributed by atoms with Crippen LogP contribution in [-0.2, 0) is 23.8 Å². The van der Waals surface area contributed by atoms with Crippen LogP contribution in [0.1, 0.15) is 335 Å². The molecular formula is C72H133NO10. The number of hydrogen-bond donors (Lipinski definition) is 6. The van der Waals surface area contributed by atoms with Crippen LogP contribution in [0.25, 0.3) is 0 Å². The fourth-order valence-corrected chi connectivity index (χ4v) is 11.0. The van der Waals surface area contributed by atoms with Gasteiger partial charge in [0.1, 0.15) is 24.4 Å². The Morgan fingerprint density at radius 1 is 0.446 bits per heavy atom. The van der Waals surface area contributed by atoms with Gasteiger partial charge in [0.25, 0.3) is 0 Å². The molecule has 1 fully saturated rings. The molecule has 0 aromatic heterocycles. The van der Waals surface area contributed by atoms with Crippen molar-refractivity contribution >= 4 is 11.9 Å². The van der Waals surface area contributed by atoms with Crippen molar-refractivity contribution in [1.29, 1.82) is 0 Å². The Morgan fingerprint density at radius 3 is 1.24 bits per heavy atom. The molecule has 1 amide bonds. The van der Waals surface area contributed by atoms with Gasteiger partial charge in [-0.3, -0.25) is 9.59 Å². The summed E-state index contributed by atoms with van der Waals surface area (Å²) in [7, 11) is 0. The van der Waals surface area contributed by atoms with E-state index in [1.165, 1.54) is 244 Å². The fourth-order valence-electron chi connectivity index (χ4n) is 11.0. The first kappa shape index (κ1) is 78.6. The van der Waals surface area contributed by atoms with Crippen molar-refractivity contribution in [1.82, 2.24) is 5.32 Å². The van der Waals surface area contributed by atoms with Gasteiger partial charge in [-0.25, -0.2) is 0 Å². The number of ether oxygens (including phenoxy) is 3. The quantitative estimate of drug-likeness (QED) is 0.0195. The standard InChI is InChI=1S/C72H133NO10/c1-3-5-7-9-11-13-14-15-16-34-37-40-44-48-52-56-60-68(77)81-61-57-53-49-45-41-38-35-32-30-28-26-24-22-20-18-17-19-21-23-25-27-29-31-33-36-39-43-47-51-55-59-67(76)73-64(65(75)58-54-50-46-42-12-10-8-6-4-2)63-82-72-71(80)70(79)69(78)66(62-74)83-72/h13-14,16,18,20,34,54,58,64-66,69-72,74-75,78-80H,3-12,15,17,19,21-33,35-53,55-57,59-63H2,1-2H3,(H,73,76)/b14-13-,20-18-,34-16-,58-54+. The molecule has 0 aromatic carbocycles. The molecule has 11 nitrogen and oxygen atoms in total. The molecular weight excluding hydrogens is 1040 g/mol. The highest BCUT2D eigenvalue weighted by molar-refractivity contribution is 5.76. The van der Waals surface area contributed by atoms with E-state index in [1.54, 1.807) is 6.08 Å². The van der Waals surface area contributed by atoms with Crippen molar-refractivity contribution in [3.63, 3.8) is 0 Å². The van der Waals surface area contributed by atoms with Gasteiger partial charge in [0.05, 0.1) is 32.0 Å². The van der Waals surface area contributed by atoms with E-state index in [9.17, 15) is 35.1 Å². The second-order valence-electron chi connectivity index (χ2n) is 24.6. The third-order valence-corrected chi connectivity index (χ3v) is 16.7. The molecule has 0 aromatic rings. The van der Waals surface area contributed by atoms with Crippen molar-refractivity contribution in [2.45, 2.75) is 378 Å². The molecule has 0 spiro atoms. The van der Waals surface area contributed by atoms with Crippen LogP contribution in [0.5, 0.6) is 0 Å². The number of hydrogen-bond acceptors (Lipinski definition) is 10. The van der Waals surface area contributed by atoms with Crippen molar-refractivity contribution in [3.8, 4) is 0 Å². The van der Waals surface area contributed by atoms with Crippen LogP contribution in [0.4, 0.5) is 0 Å². The van der Waals surface area contributed by atoms with E-state index in [1.807, 2.05) is 6.08 Å². The molecule has 11 heteroatoms. The topological polar surface area (TPSA) is 175 Å². The number of aliphatic hydroxyl groups excluding tert-OH is 5. The molecule has 7 unspecified atom stereocenters. The van der Waals surface area contributed by atoms with Crippen molar-refractivity contribution in [2.75, 3.05) is 19.8 Å². The predicted octanol–water partition coefficient (Wildman–Crippen LogP) is 18.0. The SMILES string of the molecule is CCCCCC/C=C\C/C=C\CCCCCCCC(=O)OCCCCCCCCCCCCCC/C=C\CCCCCCCCCCCCCCCCC(=O)NC(COC1OC(CO)C(O)C(O)C1O)C(O)/C=C/CCCCCCCCC. The minimum absolute atomic E-state index is 0.00475. The lowest BCUT2D eigenvalue weighted by molar-refractivity contribution is -0.302.